The van der Waals surface area contributed by atoms with E-state index < -0.39 is 6.61 Å². The van der Waals surface area contributed by atoms with Crippen LogP contribution in [0.15, 0.2) is 47.4 Å². The third-order valence-electron chi connectivity index (χ3n) is 3.98. The summed E-state index contributed by atoms with van der Waals surface area (Å²) in [6.07, 6.45) is 1.66. The van der Waals surface area contributed by atoms with Crippen molar-refractivity contribution in [2.24, 2.45) is 0 Å². The van der Waals surface area contributed by atoms with E-state index in [1.165, 1.54) is 28.8 Å². The minimum Gasteiger partial charge on any atom is -0.486 e. The van der Waals surface area contributed by atoms with Gasteiger partial charge in [0, 0.05) is 6.07 Å². The minimum atomic E-state index is -2.88. The van der Waals surface area contributed by atoms with Gasteiger partial charge in [-0.15, -0.1) is 0 Å². The molecule has 1 amide bonds. The Morgan fingerprint density at radius 1 is 1.11 bits per heavy atom. The van der Waals surface area contributed by atoms with Crippen LogP contribution in [0.1, 0.15) is 5.56 Å². The summed E-state index contributed by atoms with van der Waals surface area (Å²) < 4.78 is 40.2. The molecule has 2 aromatic rings. The summed E-state index contributed by atoms with van der Waals surface area (Å²) in [7, 11) is 0. The van der Waals surface area contributed by atoms with Gasteiger partial charge < -0.3 is 14.2 Å². The fraction of sp³-hybridized carbons (Fsp3) is 0.158. The molecular weight excluding hydrogens is 408 g/mol. The van der Waals surface area contributed by atoms with Gasteiger partial charge in [0.05, 0.1) is 10.6 Å². The van der Waals surface area contributed by atoms with E-state index in [0.717, 1.165) is 0 Å². The number of anilines is 1. The number of benzene rings is 2. The maximum Gasteiger partial charge on any atom is 0.387 e. The van der Waals surface area contributed by atoms with Gasteiger partial charge in [-0.3, -0.25) is 9.69 Å². The van der Waals surface area contributed by atoms with Crippen LogP contribution < -0.4 is 19.1 Å². The van der Waals surface area contributed by atoms with Gasteiger partial charge in [-0.2, -0.15) is 8.78 Å². The number of alkyl halides is 2. The molecule has 0 saturated carbocycles. The Balaban J connectivity index is 1.56. The molecule has 2 heterocycles. The molecule has 28 heavy (non-hydrogen) atoms. The average Bonchev–Trinajstić information content (AvgIpc) is 2.96. The number of fused-ring (bicyclic) bond motifs is 1. The van der Waals surface area contributed by atoms with Crippen molar-refractivity contribution in [1.29, 1.82) is 0 Å². The summed E-state index contributed by atoms with van der Waals surface area (Å²) >= 11 is 6.54. The molecule has 1 fully saturated rings. The monoisotopic (exact) mass is 421 g/mol. The molecule has 0 unspecified atom stereocenters. The summed E-state index contributed by atoms with van der Waals surface area (Å²) in [4.78, 5) is 14.7. The average molecular weight is 421 g/mol. The molecule has 2 aromatic carbocycles. The van der Waals surface area contributed by atoms with E-state index in [0.29, 0.717) is 45.2 Å². The number of nitrogens with zero attached hydrogens (tertiary/aromatic N) is 1. The van der Waals surface area contributed by atoms with Gasteiger partial charge in [-0.1, -0.05) is 36.1 Å². The highest BCUT2D eigenvalue weighted by molar-refractivity contribution is 8.27. The number of hydrogen-bond donors (Lipinski definition) is 0. The molecule has 2 aliphatic heterocycles. The molecule has 5 nitrogen and oxygen atoms in total. The smallest absolute Gasteiger partial charge is 0.387 e. The Morgan fingerprint density at radius 3 is 2.54 bits per heavy atom. The lowest BCUT2D eigenvalue weighted by molar-refractivity contribution is -0.113. The minimum absolute atomic E-state index is 0.0518. The maximum atomic E-state index is 12.9. The van der Waals surface area contributed by atoms with Crippen LogP contribution in [0.5, 0.6) is 17.2 Å². The van der Waals surface area contributed by atoms with Crippen LogP contribution in [0, 0.1) is 0 Å². The molecule has 0 aliphatic carbocycles. The molecule has 0 bridgehead atoms. The van der Waals surface area contributed by atoms with Crippen molar-refractivity contribution in [2.45, 2.75) is 6.61 Å². The van der Waals surface area contributed by atoms with E-state index in [4.69, 9.17) is 21.7 Å². The van der Waals surface area contributed by atoms with Crippen LogP contribution in [0.25, 0.3) is 6.08 Å². The van der Waals surface area contributed by atoms with Crippen molar-refractivity contribution in [2.75, 3.05) is 18.1 Å². The van der Waals surface area contributed by atoms with Crippen molar-refractivity contribution in [3.63, 3.8) is 0 Å². The van der Waals surface area contributed by atoms with Gasteiger partial charge in [0.25, 0.3) is 5.91 Å². The van der Waals surface area contributed by atoms with Gasteiger partial charge in [0.15, 0.2) is 15.8 Å². The van der Waals surface area contributed by atoms with Crippen LogP contribution in [0.3, 0.4) is 0 Å². The zero-order valence-corrected chi connectivity index (χ0v) is 15.9. The standard InChI is InChI=1S/C19H13F2NO4S2/c20-18(21)26-13-4-1-11(2-5-13)9-16-17(23)22(19(27)28-16)12-3-6-14-15(10-12)25-8-7-24-14/h1-6,9-10,18H,7-8H2/b16-9+. The summed E-state index contributed by atoms with van der Waals surface area (Å²) in [5.74, 6) is 0.981. The number of rotatable bonds is 4. The number of thioether (sulfide) groups is 1. The molecule has 0 atom stereocenters. The lowest BCUT2D eigenvalue weighted by Crippen LogP contribution is -2.27. The number of ether oxygens (including phenoxy) is 3. The summed E-state index contributed by atoms with van der Waals surface area (Å²) in [5, 5.41) is 0. The predicted octanol–water partition coefficient (Wildman–Crippen LogP) is 4.47. The second-order valence-corrected chi connectivity index (χ2v) is 7.47. The first-order valence-electron chi connectivity index (χ1n) is 8.24. The molecule has 0 N–H and O–H groups in total. The Bertz CT molecular complexity index is 963. The molecule has 2 aliphatic rings. The second-order valence-electron chi connectivity index (χ2n) is 5.79. The molecule has 9 heteroatoms. The largest absolute Gasteiger partial charge is 0.486 e. The second kappa shape index (κ2) is 7.76. The van der Waals surface area contributed by atoms with Gasteiger partial charge in [0.2, 0.25) is 0 Å². The van der Waals surface area contributed by atoms with Gasteiger partial charge in [-0.05, 0) is 35.9 Å². The van der Waals surface area contributed by atoms with Gasteiger partial charge in [-0.25, -0.2) is 0 Å². The van der Waals surface area contributed by atoms with Crippen molar-refractivity contribution in [3.8, 4) is 17.2 Å². The Morgan fingerprint density at radius 2 is 1.82 bits per heavy atom. The van der Waals surface area contributed by atoms with Crippen LogP contribution in [-0.2, 0) is 4.79 Å². The number of amides is 1. The lowest BCUT2D eigenvalue weighted by Gasteiger charge is -2.21. The zero-order valence-electron chi connectivity index (χ0n) is 14.3. The fourth-order valence-corrected chi connectivity index (χ4v) is 4.06. The number of carbonyl (C=O) groups excluding carboxylic acids is 1. The summed E-state index contributed by atoms with van der Waals surface area (Å²) in [6, 6.07) is 11.2. The highest BCUT2D eigenvalue weighted by Crippen LogP contribution is 2.40. The van der Waals surface area contributed by atoms with Crippen LogP contribution in [0.4, 0.5) is 14.5 Å². The van der Waals surface area contributed by atoms with E-state index in [2.05, 4.69) is 4.74 Å². The first-order valence-corrected chi connectivity index (χ1v) is 9.46. The molecular formula is C19H13F2NO4S2. The lowest BCUT2D eigenvalue weighted by atomic mass is 10.2. The van der Waals surface area contributed by atoms with E-state index in [1.807, 2.05) is 0 Å². The van der Waals surface area contributed by atoms with Crippen LogP contribution in [-0.4, -0.2) is 30.1 Å². The van der Waals surface area contributed by atoms with Crippen molar-refractivity contribution >= 4 is 46.0 Å². The molecule has 0 aromatic heterocycles. The van der Waals surface area contributed by atoms with Crippen LogP contribution >= 0.6 is 24.0 Å². The summed E-state index contributed by atoms with van der Waals surface area (Å²) in [5.41, 5.74) is 1.26. The highest BCUT2D eigenvalue weighted by atomic mass is 32.2. The van der Waals surface area contributed by atoms with Crippen LogP contribution in [0.2, 0.25) is 0 Å². The van der Waals surface area contributed by atoms with Crippen molar-refractivity contribution in [3.05, 3.63) is 52.9 Å². The van der Waals surface area contributed by atoms with Crippen molar-refractivity contribution in [1.82, 2.24) is 0 Å². The van der Waals surface area contributed by atoms with Crippen molar-refractivity contribution < 1.29 is 27.8 Å². The number of thiocarbonyl (C=S) groups is 1. The van der Waals surface area contributed by atoms with E-state index in [1.54, 1.807) is 36.4 Å². The topological polar surface area (TPSA) is 48.0 Å². The van der Waals surface area contributed by atoms with E-state index in [9.17, 15) is 13.6 Å². The SMILES string of the molecule is O=C1/C(=C\c2ccc(OC(F)F)cc2)SC(=S)N1c1ccc2c(c1)OCCO2. The Kier molecular flexibility index (Phi) is 5.19. The molecule has 0 radical (unpaired) electrons. The fourth-order valence-electron chi connectivity index (χ4n) is 2.76. The third kappa shape index (κ3) is 3.81. The number of halogens is 2. The maximum absolute atomic E-state index is 12.9. The van der Waals surface area contributed by atoms with E-state index >= 15 is 0 Å². The first-order chi connectivity index (χ1) is 13.5. The third-order valence-corrected chi connectivity index (χ3v) is 5.28. The normalized spacial score (nSPS) is 17.5. The quantitative estimate of drug-likeness (QED) is 0.537. The predicted molar refractivity (Wildman–Crippen MR) is 106 cm³/mol. The van der Waals surface area contributed by atoms with Gasteiger partial charge in [0.1, 0.15) is 19.0 Å². The Hall–Kier alpha value is -2.65. The highest BCUT2D eigenvalue weighted by Gasteiger charge is 2.34. The number of hydrogen-bond acceptors (Lipinski definition) is 6. The molecule has 1 saturated heterocycles. The zero-order chi connectivity index (χ0) is 19.7. The summed E-state index contributed by atoms with van der Waals surface area (Å²) in [6.45, 7) is -1.95. The molecule has 0 spiro atoms. The Labute approximate surface area is 168 Å². The van der Waals surface area contributed by atoms with E-state index in [-0.39, 0.29) is 11.7 Å². The van der Waals surface area contributed by atoms with Gasteiger partial charge >= 0.3 is 6.61 Å². The molecule has 144 valence electrons. The number of carbonyl (C=O) groups is 1. The first kappa shape index (κ1) is 18.7. The molecule has 4 rings (SSSR count).